The van der Waals surface area contributed by atoms with E-state index in [-0.39, 0.29) is 11.3 Å². The van der Waals surface area contributed by atoms with Crippen molar-refractivity contribution in [2.24, 2.45) is 10.8 Å². The monoisotopic (exact) mass is 229 g/mol. The molecule has 0 fully saturated rings. The molecule has 3 N–H and O–H groups in total. The molecule has 0 saturated heterocycles. The van der Waals surface area contributed by atoms with E-state index in [1.165, 1.54) is 7.11 Å². The number of carbonyl (C=O) groups excluding carboxylic acids is 1. The Balaban J connectivity index is 3.02. The minimum atomic E-state index is -0.882. The topological polar surface area (TPSA) is 76.7 Å². The predicted octanol–water partition coefficient (Wildman–Crippen LogP) is 0.976. The maximum atomic E-state index is 13.2. The molecular weight excluding hydrogens is 220 g/mol. The number of carbonyl (C=O) groups is 1. The summed E-state index contributed by atoms with van der Waals surface area (Å²) in [6, 6.07) is 0.804. The SMILES string of the molecule is COc1c(F)cc(F)cc1C=NNC(N)=O. The normalized spacial score (nSPS) is 10.4. The highest BCUT2D eigenvalue weighted by molar-refractivity contribution is 5.84. The first-order valence-electron chi connectivity index (χ1n) is 4.16. The van der Waals surface area contributed by atoms with Crippen molar-refractivity contribution in [2.45, 2.75) is 0 Å². The molecule has 7 heteroatoms. The van der Waals surface area contributed by atoms with Crippen LogP contribution in [0.2, 0.25) is 0 Å². The number of urea groups is 1. The quantitative estimate of drug-likeness (QED) is 0.598. The second-order valence-corrected chi connectivity index (χ2v) is 2.74. The van der Waals surface area contributed by atoms with Crippen molar-refractivity contribution < 1.29 is 18.3 Å². The van der Waals surface area contributed by atoms with Crippen LogP contribution < -0.4 is 15.9 Å². The van der Waals surface area contributed by atoms with Gasteiger partial charge in [0.05, 0.1) is 13.3 Å². The zero-order valence-electron chi connectivity index (χ0n) is 8.33. The molecule has 2 amide bonds. The molecule has 1 aromatic carbocycles. The van der Waals surface area contributed by atoms with Gasteiger partial charge in [-0.15, -0.1) is 0 Å². The number of rotatable bonds is 3. The molecule has 0 heterocycles. The van der Waals surface area contributed by atoms with Crippen LogP contribution in [0.3, 0.4) is 0 Å². The number of nitrogens with zero attached hydrogens (tertiary/aromatic N) is 1. The van der Waals surface area contributed by atoms with Gasteiger partial charge < -0.3 is 10.5 Å². The molecule has 0 aliphatic rings. The number of benzene rings is 1. The fourth-order valence-electron chi connectivity index (χ4n) is 1.06. The van der Waals surface area contributed by atoms with E-state index in [1.807, 2.05) is 5.43 Å². The third-order valence-corrected chi connectivity index (χ3v) is 1.62. The molecule has 0 unspecified atom stereocenters. The lowest BCUT2D eigenvalue weighted by molar-refractivity contribution is 0.249. The van der Waals surface area contributed by atoms with Gasteiger partial charge in [-0.2, -0.15) is 5.10 Å². The number of nitrogens with two attached hydrogens (primary N) is 1. The number of nitrogens with one attached hydrogen (secondary N) is 1. The van der Waals surface area contributed by atoms with E-state index in [2.05, 4.69) is 5.10 Å². The Labute approximate surface area is 89.9 Å². The molecule has 0 aliphatic carbocycles. The first-order valence-corrected chi connectivity index (χ1v) is 4.16. The van der Waals surface area contributed by atoms with E-state index < -0.39 is 17.7 Å². The highest BCUT2D eigenvalue weighted by atomic mass is 19.1. The highest BCUT2D eigenvalue weighted by Crippen LogP contribution is 2.22. The van der Waals surface area contributed by atoms with Crippen LogP contribution in [0, 0.1) is 11.6 Å². The van der Waals surface area contributed by atoms with Gasteiger partial charge >= 0.3 is 6.03 Å². The maximum Gasteiger partial charge on any atom is 0.332 e. The zero-order valence-corrected chi connectivity index (χ0v) is 8.33. The minimum Gasteiger partial charge on any atom is -0.493 e. The molecule has 0 saturated carbocycles. The van der Waals surface area contributed by atoms with Crippen LogP contribution in [0.15, 0.2) is 17.2 Å². The Morgan fingerprint density at radius 1 is 1.56 bits per heavy atom. The summed E-state index contributed by atoms with van der Waals surface area (Å²) >= 11 is 0. The average Bonchev–Trinajstić information content (AvgIpc) is 2.16. The predicted molar refractivity (Wildman–Crippen MR) is 53.2 cm³/mol. The first-order chi connectivity index (χ1) is 7.54. The molecule has 0 radical (unpaired) electrons. The number of hydrazone groups is 1. The number of methoxy groups -OCH3 is 1. The van der Waals surface area contributed by atoms with Crippen LogP contribution in [0.5, 0.6) is 5.75 Å². The highest BCUT2D eigenvalue weighted by Gasteiger charge is 2.10. The summed E-state index contributed by atoms with van der Waals surface area (Å²) in [5.41, 5.74) is 6.69. The average molecular weight is 229 g/mol. The summed E-state index contributed by atoms with van der Waals surface area (Å²) in [6.07, 6.45) is 1.02. The third kappa shape index (κ3) is 2.91. The summed E-state index contributed by atoms with van der Waals surface area (Å²) < 4.78 is 30.7. The third-order valence-electron chi connectivity index (χ3n) is 1.62. The molecule has 1 aromatic rings. The standard InChI is InChI=1S/C9H9F2N3O2/c1-16-8-5(4-13-14-9(12)15)2-6(10)3-7(8)11/h2-4H,1H3,(H3,12,14,15). The van der Waals surface area contributed by atoms with E-state index in [9.17, 15) is 13.6 Å². The summed E-state index contributed by atoms with van der Waals surface area (Å²) in [5.74, 6) is -1.81. The van der Waals surface area contributed by atoms with Crippen molar-refractivity contribution in [3.63, 3.8) is 0 Å². The Bertz CT molecular complexity index is 435. The van der Waals surface area contributed by atoms with Gasteiger partial charge in [0.15, 0.2) is 11.6 Å². The number of hydrogen-bond donors (Lipinski definition) is 2. The van der Waals surface area contributed by atoms with E-state index >= 15 is 0 Å². The Morgan fingerprint density at radius 3 is 2.81 bits per heavy atom. The summed E-state index contributed by atoms with van der Waals surface area (Å²) in [5, 5.41) is 3.37. The van der Waals surface area contributed by atoms with Gasteiger partial charge in [-0.1, -0.05) is 0 Å². The van der Waals surface area contributed by atoms with Gasteiger partial charge in [-0.25, -0.2) is 19.0 Å². The van der Waals surface area contributed by atoms with Crippen LogP contribution in [0.1, 0.15) is 5.56 Å². The number of ether oxygens (including phenoxy) is 1. The van der Waals surface area contributed by atoms with Crippen LogP contribution in [-0.4, -0.2) is 19.4 Å². The molecule has 0 aliphatic heterocycles. The van der Waals surface area contributed by atoms with Gasteiger partial charge in [0.1, 0.15) is 5.82 Å². The molecule has 5 nitrogen and oxygen atoms in total. The van der Waals surface area contributed by atoms with Crippen LogP contribution in [0.25, 0.3) is 0 Å². The molecule has 0 bridgehead atoms. The number of hydrogen-bond acceptors (Lipinski definition) is 3. The Kier molecular flexibility index (Phi) is 3.76. The molecule has 0 spiro atoms. The van der Waals surface area contributed by atoms with E-state index in [0.717, 1.165) is 12.3 Å². The van der Waals surface area contributed by atoms with Crippen LogP contribution >= 0.6 is 0 Å². The smallest absolute Gasteiger partial charge is 0.332 e. The lowest BCUT2D eigenvalue weighted by Crippen LogP contribution is -2.24. The van der Waals surface area contributed by atoms with Crippen molar-refractivity contribution in [1.82, 2.24) is 5.43 Å². The lowest BCUT2D eigenvalue weighted by Gasteiger charge is -2.05. The lowest BCUT2D eigenvalue weighted by atomic mass is 10.2. The molecular formula is C9H9F2N3O2. The fourth-order valence-corrected chi connectivity index (χ4v) is 1.06. The Hall–Kier alpha value is -2.18. The van der Waals surface area contributed by atoms with E-state index in [0.29, 0.717) is 6.07 Å². The summed E-state index contributed by atoms with van der Waals surface area (Å²) in [6.45, 7) is 0. The van der Waals surface area contributed by atoms with Crippen molar-refractivity contribution in [3.05, 3.63) is 29.3 Å². The number of halogens is 2. The second kappa shape index (κ2) is 5.06. The fraction of sp³-hybridized carbons (Fsp3) is 0.111. The van der Waals surface area contributed by atoms with Crippen molar-refractivity contribution in [3.8, 4) is 5.75 Å². The first kappa shape index (κ1) is 11.9. The van der Waals surface area contributed by atoms with Crippen molar-refractivity contribution in [1.29, 1.82) is 0 Å². The summed E-state index contributed by atoms with van der Waals surface area (Å²) in [7, 11) is 1.23. The van der Waals surface area contributed by atoms with Crippen molar-refractivity contribution >= 4 is 12.2 Å². The molecule has 86 valence electrons. The minimum absolute atomic E-state index is 0.0498. The molecule has 1 rings (SSSR count). The molecule has 0 atom stereocenters. The van der Waals surface area contributed by atoms with Crippen LogP contribution in [0.4, 0.5) is 13.6 Å². The number of primary amides is 1. The van der Waals surface area contributed by atoms with Gasteiger partial charge in [0, 0.05) is 11.6 Å². The largest absolute Gasteiger partial charge is 0.493 e. The molecule has 0 aromatic heterocycles. The molecule has 16 heavy (non-hydrogen) atoms. The maximum absolute atomic E-state index is 13.2. The summed E-state index contributed by atoms with van der Waals surface area (Å²) in [4.78, 5) is 10.3. The Morgan fingerprint density at radius 2 is 2.25 bits per heavy atom. The van der Waals surface area contributed by atoms with Crippen LogP contribution in [-0.2, 0) is 0 Å². The van der Waals surface area contributed by atoms with Gasteiger partial charge in [-0.05, 0) is 6.07 Å². The second-order valence-electron chi connectivity index (χ2n) is 2.74. The van der Waals surface area contributed by atoms with Gasteiger partial charge in [0.2, 0.25) is 0 Å². The number of amides is 2. The van der Waals surface area contributed by atoms with E-state index in [1.54, 1.807) is 0 Å². The van der Waals surface area contributed by atoms with E-state index in [4.69, 9.17) is 10.5 Å². The zero-order chi connectivity index (χ0) is 12.1. The van der Waals surface area contributed by atoms with Gasteiger partial charge in [0.25, 0.3) is 0 Å². The van der Waals surface area contributed by atoms with Crippen molar-refractivity contribution in [2.75, 3.05) is 7.11 Å². The van der Waals surface area contributed by atoms with Gasteiger partial charge in [-0.3, -0.25) is 0 Å².